The highest BCUT2D eigenvalue weighted by Crippen LogP contribution is 2.22. The number of hydrogen-bond donors (Lipinski definition) is 0. The molecule has 1 aliphatic heterocycles. The van der Waals surface area contributed by atoms with Crippen molar-refractivity contribution in [3.05, 3.63) is 29.6 Å². The smallest absolute Gasteiger partial charge is 0.248 e. The van der Waals surface area contributed by atoms with E-state index in [0.29, 0.717) is 26.3 Å². The quantitative estimate of drug-likeness (QED) is 0.823. The van der Waals surface area contributed by atoms with Crippen molar-refractivity contribution in [1.29, 1.82) is 0 Å². The number of aromatic nitrogens is 1. The van der Waals surface area contributed by atoms with Gasteiger partial charge < -0.3 is 14.4 Å². The third-order valence-corrected chi connectivity index (χ3v) is 3.14. The molecule has 0 aliphatic carbocycles. The normalized spacial score (nSPS) is 19.5. The van der Waals surface area contributed by atoms with Crippen LogP contribution in [0, 0.1) is 6.92 Å². The van der Waals surface area contributed by atoms with Crippen LogP contribution >= 0.6 is 0 Å². The van der Waals surface area contributed by atoms with E-state index in [1.807, 2.05) is 26.0 Å². The monoisotopic (exact) mass is 264 g/mol. The molecule has 5 nitrogen and oxygen atoms in total. The standard InChI is InChI=1S/C14H20N2O3/c1-3-18-10-14(17)16-6-7-19-13(9-16)12-4-5-15-11(2)8-12/h4-5,8,13H,3,6-7,9-10H2,1-2H3/t13-/m1/s1. The van der Waals surface area contributed by atoms with Crippen molar-refractivity contribution in [3.63, 3.8) is 0 Å². The second-order valence-corrected chi connectivity index (χ2v) is 4.57. The molecule has 1 aromatic heterocycles. The van der Waals surface area contributed by atoms with E-state index in [0.717, 1.165) is 11.3 Å². The molecule has 0 unspecified atom stereocenters. The van der Waals surface area contributed by atoms with Crippen LogP contribution in [0.25, 0.3) is 0 Å². The Morgan fingerprint density at radius 3 is 3.21 bits per heavy atom. The number of aryl methyl sites for hydroxylation is 1. The zero-order chi connectivity index (χ0) is 13.7. The van der Waals surface area contributed by atoms with E-state index < -0.39 is 0 Å². The summed E-state index contributed by atoms with van der Waals surface area (Å²) in [6, 6.07) is 3.94. The number of hydrogen-bond acceptors (Lipinski definition) is 4. The maximum atomic E-state index is 11.9. The van der Waals surface area contributed by atoms with Gasteiger partial charge in [0, 0.05) is 25.0 Å². The van der Waals surface area contributed by atoms with Crippen molar-refractivity contribution in [2.75, 3.05) is 32.9 Å². The average Bonchev–Trinajstić information content (AvgIpc) is 2.45. The first kappa shape index (κ1) is 14.0. The number of ether oxygens (including phenoxy) is 2. The summed E-state index contributed by atoms with van der Waals surface area (Å²) >= 11 is 0. The van der Waals surface area contributed by atoms with Gasteiger partial charge in [-0.2, -0.15) is 0 Å². The molecule has 1 aliphatic rings. The molecule has 0 radical (unpaired) electrons. The topological polar surface area (TPSA) is 51.7 Å². The summed E-state index contributed by atoms with van der Waals surface area (Å²) < 4.78 is 10.9. The van der Waals surface area contributed by atoms with Crippen LogP contribution < -0.4 is 0 Å². The first-order valence-electron chi connectivity index (χ1n) is 6.60. The molecular formula is C14H20N2O3. The Kier molecular flexibility index (Phi) is 4.87. The first-order chi connectivity index (χ1) is 9.20. The fraction of sp³-hybridized carbons (Fsp3) is 0.571. The van der Waals surface area contributed by atoms with E-state index >= 15 is 0 Å². The van der Waals surface area contributed by atoms with E-state index in [-0.39, 0.29) is 18.6 Å². The summed E-state index contributed by atoms with van der Waals surface area (Å²) in [6.07, 6.45) is 1.70. The second kappa shape index (κ2) is 6.63. The number of carbonyl (C=O) groups is 1. The molecule has 0 N–H and O–H groups in total. The Morgan fingerprint density at radius 1 is 1.63 bits per heavy atom. The molecule has 0 spiro atoms. The van der Waals surface area contributed by atoms with Gasteiger partial charge in [0.25, 0.3) is 0 Å². The summed E-state index contributed by atoms with van der Waals surface area (Å²) in [4.78, 5) is 17.9. The minimum atomic E-state index is -0.0685. The largest absolute Gasteiger partial charge is 0.372 e. The van der Waals surface area contributed by atoms with Crippen LogP contribution in [-0.2, 0) is 14.3 Å². The van der Waals surface area contributed by atoms with E-state index in [1.165, 1.54) is 0 Å². The molecule has 0 bridgehead atoms. The number of amides is 1. The third kappa shape index (κ3) is 3.75. The summed E-state index contributed by atoms with van der Waals surface area (Å²) in [7, 11) is 0. The van der Waals surface area contributed by atoms with Gasteiger partial charge in [-0.05, 0) is 31.5 Å². The SMILES string of the molecule is CCOCC(=O)N1CCO[C@@H](c2ccnc(C)c2)C1. The van der Waals surface area contributed by atoms with Crippen LogP contribution in [0.2, 0.25) is 0 Å². The van der Waals surface area contributed by atoms with E-state index in [2.05, 4.69) is 4.98 Å². The van der Waals surface area contributed by atoms with Gasteiger partial charge in [0.05, 0.1) is 13.2 Å². The summed E-state index contributed by atoms with van der Waals surface area (Å²) in [5.74, 6) is 0.0286. The molecular weight excluding hydrogens is 244 g/mol. The third-order valence-electron chi connectivity index (χ3n) is 3.14. The lowest BCUT2D eigenvalue weighted by Gasteiger charge is -2.33. The van der Waals surface area contributed by atoms with Crippen LogP contribution in [0.1, 0.15) is 24.3 Å². The van der Waals surface area contributed by atoms with Crippen LogP contribution in [-0.4, -0.2) is 48.7 Å². The molecule has 0 aromatic carbocycles. The highest BCUT2D eigenvalue weighted by molar-refractivity contribution is 5.77. The number of nitrogens with zero attached hydrogens (tertiary/aromatic N) is 2. The van der Waals surface area contributed by atoms with E-state index in [9.17, 15) is 4.79 Å². The lowest BCUT2D eigenvalue weighted by atomic mass is 10.1. The minimum Gasteiger partial charge on any atom is -0.372 e. The van der Waals surface area contributed by atoms with Gasteiger partial charge in [-0.3, -0.25) is 9.78 Å². The van der Waals surface area contributed by atoms with Crippen molar-refractivity contribution in [2.45, 2.75) is 20.0 Å². The molecule has 1 saturated heterocycles. The van der Waals surface area contributed by atoms with Gasteiger partial charge in [0.15, 0.2) is 0 Å². The molecule has 1 fully saturated rings. The van der Waals surface area contributed by atoms with Crippen LogP contribution in [0.15, 0.2) is 18.3 Å². The van der Waals surface area contributed by atoms with Gasteiger partial charge in [-0.15, -0.1) is 0 Å². The fourth-order valence-corrected chi connectivity index (χ4v) is 2.13. The van der Waals surface area contributed by atoms with Crippen molar-refractivity contribution >= 4 is 5.91 Å². The molecule has 0 saturated carbocycles. The Hall–Kier alpha value is -1.46. The number of rotatable bonds is 4. The number of pyridine rings is 1. The number of morpholine rings is 1. The van der Waals surface area contributed by atoms with Crippen molar-refractivity contribution in [3.8, 4) is 0 Å². The second-order valence-electron chi connectivity index (χ2n) is 4.57. The predicted molar refractivity (Wildman–Crippen MR) is 70.7 cm³/mol. The lowest BCUT2D eigenvalue weighted by Crippen LogP contribution is -2.43. The summed E-state index contributed by atoms with van der Waals surface area (Å²) in [5.41, 5.74) is 2.03. The summed E-state index contributed by atoms with van der Waals surface area (Å²) in [5, 5.41) is 0. The maximum Gasteiger partial charge on any atom is 0.248 e. The Labute approximate surface area is 113 Å². The average molecular weight is 264 g/mol. The molecule has 1 aromatic rings. The van der Waals surface area contributed by atoms with Gasteiger partial charge in [0.1, 0.15) is 12.7 Å². The molecule has 1 amide bonds. The minimum absolute atomic E-state index is 0.0286. The highest BCUT2D eigenvalue weighted by atomic mass is 16.5. The van der Waals surface area contributed by atoms with Crippen molar-refractivity contribution in [2.24, 2.45) is 0 Å². The van der Waals surface area contributed by atoms with Crippen LogP contribution in [0.4, 0.5) is 0 Å². The van der Waals surface area contributed by atoms with E-state index in [4.69, 9.17) is 9.47 Å². The molecule has 2 rings (SSSR count). The molecule has 5 heteroatoms. The lowest BCUT2D eigenvalue weighted by molar-refractivity contribution is -0.143. The zero-order valence-corrected chi connectivity index (χ0v) is 11.5. The fourth-order valence-electron chi connectivity index (χ4n) is 2.13. The van der Waals surface area contributed by atoms with Gasteiger partial charge in [-0.25, -0.2) is 0 Å². The van der Waals surface area contributed by atoms with Gasteiger partial charge in [0.2, 0.25) is 5.91 Å². The van der Waals surface area contributed by atoms with Crippen molar-refractivity contribution < 1.29 is 14.3 Å². The summed E-state index contributed by atoms with van der Waals surface area (Å²) in [6.45, 7) is 6.31. The Balaban J connectivity index is 1.99. The highest BCUT2D eigenvalue weighted by Gasteiger charge is 2.25. The van der Waals surface area contributed by atoms with Crippen LogP contribution in [0.5, 0.6) is 0 Å². The molecule has 104 valence electrons. The molecule has 19 heavy (non-hydrogen) atoms. The molecule has 2 heterocycles. The van der Waals surface area contributed by atoms with Crippen molar-refractivity contribution in [1.82, 2.24) is 9.88 Å². The van der Waals surface area contributed by atoms with E-state index in [1.54, 1.807) is 11.1 Å². The predicted octanol–water partition coefficient (Wildman–Crippen LogP) is 1.33. The van der Waals surface area contributed by atoms with Gasteiger partial charge in [-0.1, -0.05) is 0 Å². The van der Waals surface area contributed by atoms with Gasteiger partial charge >= 0.3 is 0 Å². The zero-order valence-electron chi connectivity index (χ0n) is 11.5. The Morgan fingerprint density at radius 2 is 2.47 bits per heavy atom. The molecule has 1 atom stereocenters. The first-order valence-corrected chi connectivity index (χ1v) is 6.60. The number of carbonyl (C=O) groups excluding carboxylic acids is 1. The maximum absolute atomic E-state index is 11.9. The van der Waals surface area contributed by atoms with Crippen LogP contribution in [0.3, 0.4) is 0 Å². The Bertz CT molecular complexity index is 436.